The topological polar surface area (TPSA) is 49.3 Å². The minimum absolute atomic E-state index is 0.107. The van der Waals surface area contributed by atoms with Gasteiger partial charge >= 0.3 is 0 Å². The lowest BCUT2D eigenvalue weighted by atomic mass is 9.97. The highest BCUT2D eigenvalue weighted by Gasteiger charge is 2.37. The van der Waals surface area contributed by atoms with Crippen LogP contribution in [0.1, 0.15) is 16.3 Å². The summed E-state index contributed by atoms with van der Waals surface area (Å²) in [6, 6.07) is 4.06. The number of carbonyl (C=O) groups is 1. The van der Waals surface area contributed by atoms with Gasteiger partial charge in [0.15, 0.2) is 0 Å². The van der Waals surface area contributed by atoms with Gasteiger partial charge in [-0.05, 0) is 36.4 Å². The van der Waals surface area contributed by atoms with Gasteiger partial charge in [-0.1, -0.05) is 0 Å². The lowest BCUT2D eigenvalue weighted by molar-refractivity contribution is -0.137. The predicted molar refractivity (Wildman–Crippen MR) is 85.9 cm³/mol. The van der Waals surface area contributed by atoms with Crippen molar-refractivity contribution < 1.29 is 4.79 Å². The highest BCUT2D eigenvalue weighted by atomic mass is 32.1. The number of aromatic nitrogens is 2. The molecule has 0 bridgehead atoms. The largest absolute Gasteiger partial charge is 0.355 e. The number of hydrogen-bond acceptors (Lipinski definition) is 5. The van der Waals surface area contributed by atoms with Gasteiger partial charge in [0.25, 0.3) is 0 Å². The molecule has 1 fully saturated rings. The van der Waals surface area contributed by atoms with Crippen molar-refractivity contribution in [1.29, 1.82) is 0 Å². The maximum absolute atomic E-state index is 12.6. The van der Waals surface area contributed by atoms with Gasteiger partial charge in [-0.15, -0.1) is 11.3 Å². The van der Waals surface area contributed by atoms with Crippen LogP contribution in [0.5, 0.6) is 0 Å². The molecule has 0 spiro atoms. The van der Waals surface area contributed by atoms with Gasteiger partial charge in [-0.2, -0.15) is 0 Å². The van der Waals surface area contributed by atoms with Gasteiger partial charge in [0, 0.05) is 37.3 Å². The second kappa shape index (κ2) is 5.35. The zero-order valence-electron chi connectivity index (χ0n) is 12.5. The highest BCUT2D eigenvalue weighted by Crippen LogP contribution is 2.28. The second-order valence-electron chi connectivity index (χ2n) is 5.94. The number of carbonyl (C=O) groups excluding carboxylic acids is 1. The minimum Gasteiger partial charge on any atom is -0.355 e. The van der Waals surface area contributed by atoms with Crippen LogP contribution in [-0.4, -0.2) is 40.4 Å². The first-order valence-corrected chi connectivity index (χ1v) is 8.47. The second-order valence-corrected chi connectivity index (χ2v) is 6.94. The van der Waals surface area contributed by atoms with Crippen LogP contribution in [0.25, 0.3) is 0 Å². The van der Waals surface area contributed by atoms with Crippen molar-refractivity contribution in [2.45, 2.75) is 19.9 Å². The van der Waals surface area contributed by atoms with E-state index >= 15 is 0 Å². The Morgan fingerprint density at radius 3 is 3.05 bits per heavy atom. The van der Waals surface area contributed by atoms with Gasteiger partial charge in [-0.3, -0.25) is 4.79 Å². The van der Waals surface area contributed by atoms with E-state index in [1.165, 1.54) is 10.4 Å². The first-order chi connectivity index (χ1) is 10.7. The standard InChI is InChI=1S/C16H18N4OS/c1-11-17-5-2-15(18-11)20-9-13(10-20)16(21)19-6-3-14-12(8-19)4-7-22-14/h2,4-5,7,13H,3,6,8-10H2,1H3. The summed E-state index contributed by atoms with van der Waals surface area (Å²) >= 11 is 1.81. The van der Waals surface area contributed by atoms with E-state index in [2.05, 4.69) is 26.3 Å². The Kier molecular flexibility index (Phi) is 3.33. The molecule has 4 rings (SSSR count). The van der Waals surface area contributed by atoms with E-state index in [1.54, 1.807) is 17.5 Å². The van der Waals surface area contributed by atoms with Crippen molar-refractivity contribution >= 4 is 23.1 Å². The third-order valence-corrected chi connectivity index (χ3v) is 5.46. The summed E-state index contributed by atoms with van der Waals surface area (Å²) in [4.78, 5) is 26.8. The summed E-state index contributed by atoms with van der Waals surface area (Å²) in [7, 11) is 0. The SMILES string of the molecule is Cc1nccc(N2CC(C(=O)N3CCc4sccc4C3)C2)n1. The molecule has 4 heterocycles. The van der Waals surface area contributed by atoms with Crippen LogP contribution >= 0.6 is 11.3 Å². The van der Waals surface area contributed by atoms with E-state index < -0.39 is 0 Å². The Balaban J connectivity index is 1.38. The normalized spacial score (nSPS) is 18.0. The number of nitrogens with zero attached hydrogens (tertiary/aromatic N) is 4. The molecule has 0 saturated carbocycles. The van der Waals surface area contributed by atoms with Crippen LogP contribution in [0.2, 0.25) is 0 Å². The Hall–Kier alpha value is -1.95. The Morgan fingerprint density at radius 2 is 2.23 bits per heavy atom. The lowest BCUT2D eigenvalue weighted by Gasteiger charge is -2.42. The number of anilines is 1. The summed E-state index contributed by atoms with van der Waals surface area (Å²) in [5, 5.41) is 2.13. The van der Waals surface area contributed by atoms with Crippen LogP contribution in [0.15, 0.2) is 23.7 Å². The van der Waals surface area contributed by atoms with E-state index in [0.29, 0.717) is 5.91 Å². The zero-order valence-corrected chi connectivity index (χ0v) is 13.3. The molecule has 2 aromatic heterocycles. The Labute approximate surface area is 133 Å². The van der Waals surface area contributed by atoms with Crippen molar-refractivity contribution in [2.24, 2.45) is 5.92 Å². The average Bonchev–Trinajstić information content (AvgIpc) is 2.93. The van der Waals surface area contributed by atoms with E-state index in [0.717, 1.165) is 44.2 Å². The minimum atomic E-state index is 0.107. The molecule has 114 valence electrons. The maximum Gasteiger partial charge on any atom is 0.229 e. The number of hydrogen-bond donors (Lipinski definition) is 0. The monoisotopic (exact) mass is 314 g/mol. The molecular formula is C16H18N4OS. The van der Waals surface area contributed by atoms with Gasteiger partial charge in [-0.25, -0.2) is 9.97 Å². The first kappa shape index (κ1) is 13.7. The van der Waals surface area contributed by atoms with Crippen molar-refractivity contribution in [3.8, 4) is 0 Å². The smallest absolute Gasteiger partial charge is 0.229 e. The average molecular weight is 314 g/mol. The number of fused-ring (bicyclic) bond motifs is 1. The summed E-state index contributed by atoms with van der Waals surface area (Å²) in [6.07, 6.45) is 2.77. The molecule has 2 aromatic rings. The fraction of sp³-hybridized carbons (Fsp3) is 0.438. The zero-order chi connectivity index (χ0) is 15.1. The molecule has 0 atom stereocenters. The van der Waals surface area contributed by atoms with Crippen LogP contribution in [-0.2, 0) is 17.8 Å². The summed E-state index contributed by atoms with van der Waals surface area (Å²) in [5.74, 6) is 2.10. The molecule has 1 amide bonds. The van der Waals surface area contributed by atoms with E-state index in [4.69, 9.17) is 0 Å². The molecule has 22 heavy (non-hydrogen) atoms. The van der Waals surface area contributed by atoms with E-state index in [1.807, 2.05) is 17.9 Å². The summed E-state index contributed by atoms with van der Waals surface area (Å²) < 4.78 is 0. The van der Waals surface area contributed by atoms with Gasteiger partial charge in [0.05, 0.1) is 5.92 Å². The van der Waals surface area contributed by atoms with E-state index in [-0.39, 0.29) is 5.92 Å². The molecule has 2 aliphatic rings. The first-order valence-electron chi connectivity index (χ1n) is 7.59. The number of aryl methyl sites for hydroxylation is 1. The third kappa shape index (κ3) is 2.37. The van der Waals surface area contributed by atoms with Gasteiger partial charge in [0.2, 0.25) is 5.91 Å². The fourth-order valence-corrected chi connectivity index (χ4v) is 4.03. The van der Waals surface area contributed by atoms with Crippen molar-refractivity contribution in [1.82, 2.24) is 14.9 Å². The molecule has 0 radical (unpaired) electrons. The van der Waals surface area contributed by atoms with Crippen LogP contribution < -0.4 is 4.90 Å². The van der Waals surface area contributed by atoms with Gasteiger partial charge < -0.3 is 9.80 Å². The maximum atomic E-state index is 12.6. The van der Waals surface area contributed by atoms with Crippen molar-refractivity contribution in [3.63, 3.8) is 0 Å². The Bertz CT molecular complexity index is 708. The molecule has 5 nitrogen and oxygen atoms in total. The van der Waals surface area contributed by atoms with Crippen LogP contribution in [0.4, 0.5) is 5.82 Å². The molecular weight excluding hydrogens is 296 g/mol. The predicted octanol–water partition coefficient (Wildman–Crippen LogP) is 1.87. The van der Waals surface area contributed by atoms with Crippen LogP contribution in [0, 0.1) is 12.8 Å². The summed E-state index contributed by atoms with van der Waals surface area (Å²) in [6.45, 7) is 5.05. The molecule has 0 N–H and O–H groups in total. The van der Waals surface area contributed by atoms with Crippen molar-refractivity contribution in [3.05, 3.63) is 40.0 Å². The number of thiophene rings is 1. The molecule has 0 unspecified atom stereocenters. The van der Waals surface area contributed by atoms with Crippen LogP contribution in [0.3, 0.4) is 0 Å². The fourth-order valence-electron chi connectivity index (χ4n) is 3.14. The molecule has 2 aliphatic heterocycles. The molecule has 0 aromatic carbocycles. The molecule has 1 saturated heterocycles. The lowest BCUT2D eigenvalue weighted by Crippen LogP contribution is -2.55. The quantitative estimate of drug-likeness (QED) is 0.849. The highest BCUT2D eigenvalue weighted by molar-refractivity contribution is 7.10. The van der Waals surface area contributed by atoms with Gasteiger partial charge in [0.1, 0.15) is 11.6 Å². The number of rotatable bonds is 2. The number of amides is 1. The van der Waals surface area contributed by atoms with E-state index in [9.17, 15) is 4.79 Å². The Morgan fingerprint density at radius 1 is 1.36 bits per heavy atom. The molecule has 6 heteroatoms. The molecule has 0 aliphatic carbocycles. The van der Waals surface area contributed by atoms with Crippen molar-refractivity contribution in [2.75, 3.05) is 24.5 Å². The summed E-state index contributed by atoms with van der Waals surface area (Å²) in [5.41, 5.74) is 1.33. The third-order valence-electron chi connectivity index (χ3n) is 4.44.